The number of ether oxygens (including phenoxy) is 1. The number of hydrogen-bond acceptors (Lipinski definition) is 7. The van der Waals surface area contributed by atoms with Crippen LogP contribution in [0.2, 0.25) is 0 Å². The number of nitrogens with one attached hydrogen (secondary N) is 4. The average Bonchev–Trinajstić information content (AvgIpc) is 2.98. The van der Waals surface area contributed by atoms with E-state index in [2.05, 4.69) is 21.3 Å². The Morgan fingerprint density at radius 1 is 0.881 bits per heavy atom. The lowest BCUT2D eigenvalue weighted by molar-refractivity contribution is -0.144. The van der Waals surface area contributed by atoms with Gasteiger partial charge in [-0.1, -0.05) is 74.5 Å². The van der Waals surface area contributed by atoms with E-state index in [0.717, 1.165) is 5.56 Å². The molecule has 0 aromatic heterocycles. The highest BCUT2D eigenvalue weighted by Gasteiger charge is 2.29. The van der Waals surface area contributed by atoms with Gasteiger partial charge in [0.15, 0.2) is 0 Å². The van der Waals surface area contributed by atoms with Crippen LogP contribution in [-0.4, -0.2) is 67.3 Å². The molecule has 2 rings (SSSR count). The van der Waals surface area contributed by atoms with Crippen molar-refractivity contribution in [2.45, 2.75) is 51.2 Å². The molecule has 4 amide bonds. The molecule has 4 N–H and O–H groups in total. The van der Waals surface area contributed by atoms with E-state index in [1.807, 2.05) is 56.5 Å². The van der Waals surface area contributed by atoms with Gasteiger partial charge in [0.25, 0.3) is 5.91 Å². The monoisotopic (exact) mass is 596 g/mol. The molecule has 0 spiro atoms. The van der Waals surface area contributed by atoms with Crippen LogP contribution in [0.4, 0.5) is 0 Å². The third kappa shape index (κ3) is 11.8. The third-order valence-electron chi connectivity index (χ3n) is 6.22. The minimum atomic E-state index is -1.02. The van der Waals surface area contributed by atoms with Gasteiger partial charge >= 0.3 is 5.97 Å². The van der Waals surface area contributed by atoms with Crippen LogP contribution in [0.15, 0.2) is 66.4 Å². The molecular weight excluding hydrogens is 556 g/mol. The predicted octanol–water partition coefficient (Wildman–Crippen LogP) is 2.44. The van der Waals surface area contributed by atoms with E-state index in [1.165, 1.54) is 24.9 Å². The smallest absolute Gasteiger partial charge is 0.328 e. The summed E-state index contributed by atoms with van der Waals surface area (Å²) in [5, 5.41) is 10.6. The number of methoxy groups -OCH3 is 1. The minimum absolute atomic E-state index is 0.0229. The number of esters is 1. The fourth-order valence-electron chi connectivity index (χ4n) is 4.10. The van der Waals surface area contributed by atoms with Crippen LogP contribution < -0.4 is 21.3 Å². The number of benzene rings is 2. The van der Waals surface area contributed by atoms with Crippen molar-refractivity contribution in [2.75, 3.05) is 19.1 Å². The number of rotatable bonds is 17. The number of carbonyl (C=O) groups is 5. The molecule has 0 fully saturated rings. The lowest BCUT2D eigenvalue weighted by Crippen LogP contribution is -2.54. The summed E-state index contributed by atoms with van der Waals surface area (Å²) in [4.78, 5) is 63.8. The molecule has 0 bridgehead atoms. The Morgan fingerprint density at radius 3 is 2.10 bits per heavy atom. The Kier molecular flexibility index (Phi) is 14.9. The molecule has 226 valence electrons. The molecule has 0 radical (unpaired) electrons. The first kappa shape index (κ1) is 34.1. The van der Waals surface area contributed by atoms with Gasteiger partial charge in [0, 0.05) is 6.42 Å². The molecule has 2 aromatic carbocycles. The Labute approximate surface area is 251 Å². The molecule has 3 atom stereocenters. The van der Waals surface area contributed by atoms with Crippen LogP contribution >= 0.6 is 11.8 Å². The van der Waals surface area contributed by atoms with Crippen LogP contribution in [0.5, 0.6) is 0 Å². The van der Waals surface area contributed by atoms with E-state index in [-0.39, 0.29) is 24.5 Å². The highest BCUT2D eigenvalue weighted by molar-refractivity contribution is 7.98. The lowest BCUT2D eigenvalue weighted by Gasteiger charge is -2.24. The fourth-order valence-corrected chi connectivity index (χ4v) is 4.57. The molecule has 0 heterocycles. The number of carbonyl (C=O) groups excluding carboxylic acids is 5. The van der Waals surface area contributed by atoms with Crippen molar-refractivity contribution in [1.82, 2.24) is 21.3 Å². The topological polar surface area (TPSA) is 143 Å². The van der Waals surface area contributed by atoms with Crippen LogP contribution in [0.1, 0.15) is 37.8 Å². The second kappa shape index (κ2) is 18.3. The number of amides is 4. The fraction of sp³-hybridized carbons (Fsp3) is 0.387. The van der Waals surface area contributed by atoms with Crippen molar-refractivity contribution in [3.05, 3.63) is 77.5 Å². The predicted molar refractivity (Wildman–Crippen MR) is 164 cm³/mol. The molecule has 0 aliphatic rings. The van der Waals surface area contributed by atoms with Crippen molar-refractivity contribution in [2.24, 2.45) is 5.92 Å². The summed E-state index contributed by atoms with van der Waals surface area (Å²) in [7, 11) is 1.24. The van der Waals surface area contributed by atoms with Gasteiger partial charge in [-0.15, -0.1) is 0 Å². The number of thioether (sulfide) groups is 1. The quantitative estimate of drug-likeness (QED) is 0.125. The summed E-state index contributed by atoms with van der Waals surface area (Å²) in [6, 6.07) is 15.2. The summed E-state index contributed by atoms with van der Waals surface area (Å²) in [5.41, 5.74) is 1.34. The molecule has 11 heteroatoms. The van der Waals surface area contributed by atoms with E-state index in [9.17, 15) is 24.0 Å². The first-order chi connectivity index (χ1) is 20.2. The maximum Gasteiger partial charge on any atom is 0.328 e. The van der Waals surface area contributed by atoms with Crippen molar-refractivity contribution in [1.29, 1.82) is 0 Å². The summed E-state index contributed by atoms with van der Waals surface area (Å²) < 4.78 is 4.92. The second-order valence-electron chi connectivity index (χ2n) is 10.0. The summed E-state index contributed by atoms with van der Waals surface area (Å²) in [6.45, 7) is 3.80. The zero-order valence-corrected chi connectivity index (χ0v) is 25.2. The Morgan fingerprint density at radius 2 is 1.52 bits per heavy atom. The van der Waals surface area contributed by atoms with Gasteiger partial charge < -0.3 is 26.0 Å². The molecular formula is C31H40N4O6S. The zero-order chi connectivity index (χ0) is 30.9. The first-order valence-electron chi connectivity index (χ1n) is 13.7. The van der Waals surface area contributed by atoms with E-state index in [0.29, 0.717) is 24.1 Å². The highest BCUT2D eigenvalue weighted by atomic mass is 32.2. The third-order valence-corrected chi connectivity index (χ3v) is 6.87. The van der Waals surface area contributed by atoms with E-state index < -0.39 is 41.8 Å². The maximum absolute atomic E-state index is 13.5. The molecule has 0 aliphatic carbocycles. The van der Waals surface area contributed by atoms with E-state index in [1.54, 1.807) is 24.3 Å². The molecule has 42 heavy (non-hydrogen) atoms. The van der Waals surface area contributed by atoms with Gasteiger partial charge in [-0.05, 0) is 48.0 Å². The molecule has 10 nitrogen and oxygen atoms in total. The molecule has 0 aliphatic heterocycles. The second-order valence-corrected chi connectivity index (χ2v) is 11.0. The van der Waals surface area contributed by atoms with Crippen LogP contribution in [0, 0.1) is 5.92 Å². The normalized spacial score (nSPS) is 13.3. The highest BCUT2D eigenvalue weighted by Crippen LogP contribution is 2.11. The first-order valence-corrected chi connectivity index (χ1v) is 15.1. The van der Waals surface area contributed by atoms with Gasteiger partial charge in [0.2, 0.25) is 18.2 Å². The van der Waals surface area contributed by atoms with Gasteiger partial charge in [0.1, 0.15) is 23.8 Å². The molecule has 0 saturated heterocycles. The van der Waals surface area contributed by atoms with Gasteiger partial charge in [-0.3, -0.25) is 19.2 Å². The molecule has 0 unspecified atom stereocenters. The van der Waals surface area contributed by atoms with E-state index >= 15 is 0 Å². The average molecular weight is 597 g/mol. The standard InChI is InChI=1S/C31H40N4O6S/c1-21(2)17-25(33-28(37)24(32-20-36)15-16-42-4)29(38)34-26(18-22-11-7-5-8-12-22)30(39)35-27(31(40)41-3)19-23-13-9-6-10-14-23/h5-14,18,20-21,24-25,27H,15-17,19H2,1-4H3,(H,32,36)(H,33,37)(H,34,38)(H,35,39)/b26-18-/t24-,25-,27-/m0/s1. The number of hydrogen-bond donors (Lipinski definition) is 4. The van der Waals surface area contributed by atoms with Crippen molar-refractivity contribution < 1.29 is 28.7 Å². The lowest BCUT2D eigenvalue weighted by atomic mass is 10.0. The zero-order valence-electron chi connectivity index (χ0n) is 24.4. The maximum atomic E-state index is 13.5. The van der Waals surface area contributed by atoms with Crippen LogP contribution in [0.3, 0.4) is 0 Å². The molecule has 2 aromatic rings. The minimum Gasteiger partial charge on any atom is -0.467 e. The van der Waals surface area contributed by atoms with Gasteiger partial charge in [0.05, 0.1) is 7.11 Å². The van der Waals surface area contributed by atoms with Crippen molar-refractivity contribution >= 4 is 47.9 Å². The van der Waals surface area contributed by atoms with Gasteiger partial charge in [-0.25, -0.2) is 4.79 Å². The Balaban J connectivity index is 2.33. The summed E-state index contributed by atoms with van der Waals surface area (Å²) in [5.74, 6) is -1.79. The summed E-state index contributed by atoms with van der Waals surface area (Å²) >= 11 is 1.53. The molecule has 0 saturated carbocycles. The Bertz CT molecular complexity index is 1210. The van der Waals surface area contributed by atoms with Gasteiger partial charge in [-0.2, -0.15) is 11.8 Å². The largest absolute Gasteiger partial charge is 0.467 e. The summed E-state index contributed by atoms with van der Waals surface area (Å²) in [6.07, 6.45) is 4.70. The Hall–Kier alpha value is -4.12. The van der Waals surface area contributed by atoms with Crippen molar-refractivity contribution in [3.8, 4) is 0 Å². The SMILES string of the molecule is COC(=O)[C@H](Cc1ccccc1)NC(=O)/C(=C/c1ccccc1)NC(=O)[C@H](CC(C)C)NC(=O)[C@H](CCSC)NC=O. The van der Waals surface area contributed by atoms with Crippen LogP contribution in [-0.2, 0) is 35.1 Å². The van der Waals surface area contributed by atoms with Crippen LogP contribution in [0.25, 0.3) is 6.08 Å². The van der Waals surface area contributed by atoms with E-state index in [4.69, 9.17) is 4.74 Å². The van der Waals surface area contributed by atoms with Crippen molar-refractivity contribution in [3.63, 3.8) is 0 Å².